The number of amides is 1. The standard InChI is InChI=1S/C21H30F3NO3/c1-2-3-4-5-6-7-8-9-15-28-19(26)13-14-25-20(27)17-11-10-12-18(16-17)21(22,23)24/h10-12,16H,2-9,13-15H2,1H3,(H,25,27). The Morgan fingerprint density at radius 2 is 1.64 bits per heavy atom. The highest BCUT2D eigenvalue weighted by molar-refractivity contribution is 5.94. The molecule has 0 heterocycles. The van der Waals surface area contributed by atoms with Gasteiger partial charge in [-0.25, -0.2) is 0 Å². The van der Waals surface area contributed by atoms with Crippen LogP contribution in [0.2, 0.25) is 0 Å². The van der Waals surface area contributed by atoms with Crippen molar-refractivity contribution >= 4 is 11.9 Å². The Balaban J connectivity index is 2.14. The van der Waals surface area contributed by atoms with E-state index in [9.17, 15) is 22.8 Å². The summed E-state index contributed by atoms with van der Waals surface area (Å²) in [4.78, 5) is 23.5. The SMILES string of the molecule is CCCCCCCCCCOC(=O)CCNC(=O)c1cccc(C(F)(F)F)c1. The molecule has 0 radical (unpaired) electrons. The molecule has 0 aliphatic rings. The van der Waals surface area contributed by atoms with E-state index in [4.69, 9.17) is 4.74 Å². The zero-order valence-electron chi connectivity index (χ0n) is 16.4. The average Bonchev–Trinajstić information content (AvgIpc) is 2.66. The van der Waals surface area contributed by atoms with Crippen LogP contribution in [0.15, 0.2) is 24.3 Å². The molecule has 0 bridgehead atoms. The molecular weight excluding hydrogens is 371 g/mol. The highest BCUT2D eigenvalue weighted by Crippen LogP contribution is 2.29. The van der Waals surface area contributed by atoms with Gasteiger partial charge in [0, 0.05) is 12.1 Å². The molecule has 0 unspecified atom stereocenters. The molecular formula is C21H30F3NO3. The van der Waals surface area contributed by atoms with E-state index in [-0.39, 0.29) is 18.5 Å². The van der Waals surface area contributed by atoms with Crippen molar-refractivity contribution in [1.82, 2.24) is 5.32 Å². The lowest BCUT2D eigenvalue weighted by molar-refractivity contribution is -0.143. The van der Waals surface area contributed by atoms with Gasteiger partial charge in [-0.1, -0.05) is 57.9 Å². The zero-order chi connectivity index (χ0) is 20.8. The highest BCUT2D eigenvalue weighted by Gasteiger charge is 2.30. The van der Waals surface area contributed by atoms with E-state index in [0.717, 1.165) is 31.4 Å². The van der Waals surface area contributed by atoms with Gasteiger partial charge < -0.3 is 10.1 Å². The number of hydrogen-bond acceptors (Lipinski definition) is 3. The molecule has 0 aliphatic carbocycles. The number of rotatable bonds is 13. The third kappa shape index (κ3) is 10.3. The number of nitrogens with one attached hydrogen (secondary N) is 1. The molecule has 1 amide bonds. The maximum Gasteiger partial charge on any atom is 0.416 e. The molecule has 158 valence electrons. The van der Waals surface area contributed by atoms with Gasteiger partial charge in [0.2, 0.25) is 0 Å². The molecule has 1 aromatic carbocycles. The third-order valence-corrected chi connectivity index (χ3v) is 4.33. The maximum absolute atomic E-state index is 12.7. The average molecular weight is 401 g/mol. The highest BCUT2D eigenvalue weighted by atomic mass is 19.4. The van der Waals surface area contributed by atoms with Gasteiger partial charge in [-0.15, -0.1) is 0 Å². The fourth-order valence-corrected chi connectivity index (χ4v) is 2.71. The molecule has 0 atom stereocenters. The summed E-state index contributed by atoms with van der Waals surface area (Å²) in [5.74, 6) is -1.07. The Morgan fingerprint density at radius 1 is 1.00 bits per heavy atom. The van der Waals surface area contributed by atoms with E-state index >= 15 is 0 Å². The summed E-state index contributed by atoms with van der Waals surface area (Å²) in [6.45, 7) is 2.56. The molecule has 0 aromatic heterocycles. The summed E-state index contributed by atoms with van der Waals surface area (Å²) in [6.07, 6.45) is 4.69. The van der Waals surface area contributed by atoms with Crippen molar-refractivity contribution in [3.8, 4) is 0 Å². The number of benzene rings is 1. The van der Waals surface area contributed by atoms with Crippen LogP contribution < -0.4 is 5.32 Å². The second kappa shape index (κ2) is 13.2. The van der Waals surface area contributed by atoms with Crippen molar-refractivity contribution in [2.45, 2.75) is 70.9 Å². The topological polar surface area (TPSA) is 55.4 Å². The predicted molar refractivity (Wildman–Crippen MR) is 102 cm³/mol. The fraction of sp³-hybridized carbons (Fsp3) is 0.619. The lowest BCUT2D eigenvalue weighted by atomic mass is 10.1. The lowest BCUT2D eigenvalue weighted by Crippen LogP contribution is -2.27. The van der Waals surface area contributed by atoms with Gasteiger partial charge >= 0.3 is 12.1 Å². The van der Waals surface area contributed by atoms with Gasteiger partial charge in [-0.05, 0) is 24.6 Å². The fourth-order valence-electron chi connectivity index (χ4n) is 2.71. The first kappa shape index (κ1) is 24.0. The van der Waals surface area contributed by atoms with Crippen molar-refractivity contribution in [3.05, 3.63) is 35.4 Å². The van der Waals surface area contributed by atoms with E-state index in [2.05, 4.69) is 12.2 Å². The molecule has 28 heavy (non-hydrogen) atoms. The lowest BCUT2D eigenvalue weighted by Gasteiger charge is -2.09. The number of unbranched alkanes of at least 4 members (excludes halogenated alkanes) is 7. The van der Waals surface area contributed by atoms with E-state index in [1.54, 1.807) is 0 Å². The second-order valence-electron chi connectivity index (χ2n) is 6.78. The Kier molecular flexibility index (Phi) is 11.3. The van der Waals surface area contributed by atoms with Crippen LogP contribution in [0.3, 0.4) is 0 Å². The van der Waals surface area contributed by atoms with Gasteiger partial charge in [-0.3, -0.25) is 9.59 Å². The van der Waals surface area contributed by atoms with E-state index in [1.807, 2.05) is 0 Å². The van der Waals surface area contributed by atoms with Crippen LogP contribution in [0.5, 0.6) is 0 Å². The van der Waals surface area contributed by atoms with Crippen molar-refractivity contribution in [2.24, 2.45) is 0 Å². The summed E-state index contributed by atoms with van der Waals surface area (Å²) >= 11 is 0. The molecule has 1 aromatic rings. The van der Waals surface area contributed by atoms with E-state index in [0.29, 0.717) is 6.61 Å². The quantitative estimate of drug-likeness (QED) is 0.350. The predicted octanol–water partition coefficient (Wildman–Crippen LogP) is 5.51. The Labute approximate surface area is 164 Å². The summed E-state index contributed by atoms with van der Waals surface area (Å²) in [6, 6.07) is 4.16. The minimum absolute atomic E-state index is 0.0122. The minimum Gasteiger partial charge on any atom is -0.466 e. The summed E-state index contributed by atoms with van der Waals surface area (Å²) in [7, 11) is 0. The first-order chi connectivity index (χ1) is 13.3. The van der Waals surface area contributed by atoms with Crippen LogP contribution in [-0.4, -0.2) is 25.0 Å². The molecule has 0 spiro atoms. The van der Waals surface area contributed by atoms with Crippen LogP contribution in [0.4, 0.5) is 13.2 Å². The van der Waals surface area contributed by atoms with E-state index < -0.39 is 23.6 Å². The maximum atomic E-state index is 12.7. The van der Waals surface area contributed by atoms with Gasteiger partial charge in [-0.2, -0.15) is 13.2 Å². The minimum atomic E-state index is -4.50. The van der Waals surface area contributed by atoms with Crippen LogP contribution >= 0.6 is 0 Å². The van der Waals surface area contributed by atoms with Gasteiger partial charge in [0.25, 0.3) is 5.91 Å². The number of carbonyl (C=O) groups is 2. The molecule has 1 N–H and O–H groups in total. The number of halogens is 3. The number of alkyl halides is 3. The smallest absolute Gasteiger partial charge is 0.416 e. The summed E-state index contributed by atoms with van der Waals surface area (Å²) in [5, 5.41) is 2.44. The van der Waals surface area contributed by atoms with Crippen LogP contribution in [0.25, 0.3) is 0 Å². The number of ether oxygens (including phenoxy) is 1. The van der Waals surface area contributed by atoms with Gasteiger partial charge in [0.05, 0.1) is 18.6 Å². The summed E-state index contributed by atoms with van der Waals surface area (Å²) in [5.41, 5.74) is -0.980. The number of hydrogen-bond donors (Lipinski definition) is 1. The normalized spacial score (nSPS) is 11.3. The first-order valence-electron chi connectivity index (χ1n) is 9.95. The monoisotopic (exact) mass is 401 g/mol. The first-order valence-corrected chi connectivity index (χ1v) is 9.95. The molecule has 1 rings (SSSR count). The third-order valence-electron chi connectivity index (χ3n) is 4.33. The zero-order valence-corrected chi connectivity index (χ0v) is 16.4. The number of carbonyl (C=O) groups excluding carboxylic acids is 2. The van der Waals surface area contributed by atoms with Gasteiger partial charge in [0.1, 0.15) is 0 Å². The van der Waals surface area contributed by atoms with Crippen LogP contribution in [-0.2, 0) is 15.7 Å². The van der Waals surface area contributed by atoms with Crippen molar-refractivity contribution < 1.29 is 27.5 Å². The Bertz CT molecular complexity index is 603. The van der Waals surface area contributed by atoms with Crippen LogP contribution in [0, 0.1) is 0 Å². The molecule has 4 nitrogen and oxygen atoms in total. The van der Waals surface area contributed by atoms with Crippen molar-refractivity contribution in [2.75, 3.05) is 13.2 Å². The molecule has 0 aliphatic heterocycles. The van der Waals surface area contributed by atoms with Gasteiger partial charge in [0.15, 0.2) is 0 Å². The second-order valence-corrected chi connectivity index (χ2v) is 6.78. The van der Waals surface area contributed by atoms with Crippen LogP contribution in [0.1, 0.15) is 80.6 Å². The Morgan fingerprint density at radius 3 is 2.29 bits per heavy atom. The molecule has 0 fully saturated rings. The number of esters is 1. The van der Waals surface area contributed by atoms with Crippen molar-refractivity contribution in [3.63, 3.8) is 0 Å². The largest absolute Gasteiger partial charge is 0.466 e. The summed E-state index contributed by atoms with van der Waals surface area (Å²) < 4.78 is 43.1. The van der Waals surface area contributed by atoms with Crippen molar-refractivity contribution in [1.29, 1.82) is 0 Å². The molecule has 0 saturated carbocycles. The molecule has 0 saturated heterocycles. The van der Waals surface area contributed by atoms with E-state index in [1.165, 1.54) is 44.2 Å². The molecule has 7 heteroatoms. The Hall–Kier alpha value is -2.05.